The van der Waals surface area contributed by atoms with Crippen molar-refractivity contribution in [2.45, 2.75) is 6.17 Å². The van der Waals surface area contributed by atoms with Crippen molar-refractivity contribution in [2.75, 3.05) is 0 Å². The van der Waals surface area contributed by atoms with Gasteiger partial charge in [-0.05, 0) is 73.3 Å². The molecule has 0 saturated heterocycles. The van der Waals surface area contributed by atoms with Crippen LogP contribution in [0.15, 0.2) is 277 Å². The summed E-state index contributed by atoms with van der Waals surface area (Å²) in [5, 5.41) is 3.70. The molecule has 11 aromatic rings. The predicted molar refractivity (Wildman–Crippen MR) is 295 cm³/mol. The van der Waals surface area contributed by atoms with Crippen LogP contribution < -0.4 is 5.32 Å². The number of amidine groups is 2. The fraction of sp³-hybridized carbons (Fsp3) is 0.0152. The highest BCUT2D eigenvalue weighted by atomic mass is 15.2. The summed E-state index contributed by atoms with van der Waals surface area (Å²) < 4.78 is 0. The van der Waals surface area contributed by atoms with Gasteiger partial charge in [0, 0.05) is 27.8 Å². The molecular formula is C66H46N6. The van der Waals surface area contributed by atoms with Gasteiger partial charge in [-0.2, -0.15) is 0 Å². The summed E-state index contributed by atoms with van der Waals surface area (Å²) in [6.07, 6.45) is -0.336. The van der Waals surface area contributed by atoms with Crippen molar-refractivity contribution in [2.24, 2.45) is 9.98 Å². The van der Waals surface area contributed by atoms with E-state index in [2.05, 4.69) is 212 Å². The third-order valence-corrected chi connectivity index (χ3v) is 13.0. The van der Waals surface area contributed by atoms with Crippen LogP contribution in [0.3, 0.4) is 0 Å². The first-order chi connectivity index (χ1) is 35.7. The first-order valence-electron chi connectivity index (χ1n) is 24.2. The molecule has 1 aromatic heterocycles. The number of nitrogens with one attached hydrogen (secondary N) is 1. The van der Waals surface area contributed by atoms with Crippen molar-refractivity contribution < 1.29 is 0 Å². The monoisotopic (exact) mass is 922 g/mol. The zero-order chi connectivity index (χ0) is 48.1. The molecule has 0 saturated carbocycles. The molecule has 0 fully saturated rings. The molecule has 72 heavy (non-hydrogen) atoms. The molecule has 12 rings (SSSR count). The molecule has 2 heterocycles. The molecular weight excluding hydrogens is 877 g/mol. The maximum atomic E-state index is 5.17. The van der Waals surface area contributed by atoms with Crippen LogP contribution >= 0.6 is 0 Å². The lowest BCUT2D eigenvalue weighted by molar-refractivity contribution is 0.674. The van der Waals surface area contributed by atoms with E-state index in [1.807, 2.05) is 60.7 Å². The van der Waals surface area contributed by atoms with E-state index in [0.717, 1.165) is 89.3 Å². The lowest BCUT2D eigenvalue weighted by Gasteiger charge is -2.24. The zero-order valence-electron chi connectivity index (χ0n) is 39.2. The van der Waals surface area contributed by atoms with Gasteiger partial charge in [-0.3, -0.25) is 0 Å². The minimum absolute atomic E-state index is 0.336. The quantitative estimate of drug-likeness (QED) is 0.140. The fourth-order valence-corrected chi connectivity index (χ4v) is 9.36. The van der Waals surface area contributed by atoms with E-state index in [1.54, 1.807) is 0 Å². The highest BCUT2D eigenvalue weighted by Gasteiger charge is 2.23. The van der Waals surface area contributed by atoms with Gasteiger partial charge in [0.05, 0.1) is 0 Å². The van der Waals surface area contributed by atoms with E-state index in [-0.39, 0.29) is 6.17 Å². The molecule has 1 aliphatic heterocycles. The van der Waals surface area contributed by atoms with Gasteiger partial charge in [0.15, 0.2) is 23.3 Å². The van der Waals surface area contributed by atoms with Crippen molar-refractivity contribution in [1.29, 1.82) is 0 Å². The summed E-state index contributed by atoms with van der Waals surface area (Å²) >= 11 is 0. The average Bonchev–Trinajstić information content (AvgIpc) is 3.48. The van der Waals surface area contributed by atoms with E-state index in [1.165, 1.54) is 5.56 Å². The summed E-state index contributed by atoms with van der Waals surface area (Å²) in [7, 11) is 0. The van der Waals surface area contributed by atoms with E-state index >= 15 is 0 Å². The summed E-state index contributed by atoms with van der Waals surface area (Å²) in [6.45, 7) is 0. The van der Waals surface area contributed by atoms with Gasteiger partial charge >= 0.3 is 0 Å². The number of aromatic nitrogens is 3. The van der Waals surface area contributed by atoms with Gasteiger partial charge in [0.25, 0.3) is 0 Å². The summed E-state index contributed by atoms with van der Waals surface area (Å²) in [5.74, 6) is 3.29. The normalized spacial score (nSPS) is 13.1. The first-order valence-corrected chi connectivity index (χ1v) is 24.2. The molecule has 1 unspecified atom stereocenters. The molecule has 0 spiro atoms. The Morgan fingerprint density at radius 1 is 0.264 bits per heavy atom. The zero-order valence-corrected chi connectivity index (χ0v) is 39.2. The molecule has 0 radical (unpaired) electrons. The summed E-state index contributed by atoms with van der Waals surface area (Å²) in [6, 6.07) is 92.7. The van der Waals surface area contributed by atoms with Crippen LogP contribution in [0, 0.1) is 0 Å². The Balaban J connectivity index is 0.887. The predicted octanol–water partition coefficient (Wildman–Crippen LogP) is 15.7. The minimum Gasteiger partial charge on any atom is -0.344 e. The minimum atomic E-state index is -0.336. The second-order valence-electron chi connectivity index (χ2n) is 17.7. The Morgan fingerprint density at radius 2 is 0.611 bits per heavy atom. The molecule has 1 atom stereocenters. The molecule has 0 aliphatic carbocycles. The van der Waals surface area contributed by atoms with Gasteiger partial charge in [-0.1, -0.05) is 255 Å². The van der Waals surface area contributed by atoms with Crippen molar-refractivity contribution in [1.82, 2.24) is 20.3 Å². The smallest absolute Gasteiger partial charge is 0.164 e. The molecule has 6 heteroatoms. The van der Waals surface area contributed by atoms with Crippen LogP contribution in [0.1, 0.15) is 22.9 Å². The van der Waals surface area contributed by atoms with Gasteiger partial charge in [0.2, 0.25) is 0 Å². The maximum Gasteiger partial charge on any atom is 0.164 e. The van der Waals surface area contributed by atoms with Gasteiger partial charge in [-0.25, -0.2) is 24.9 Å². The Labute approximate surface area is 419 Å². The van der Waals surface area contributed by atoms with Gasteiger partial charge < -0.3 is 5.32 Å². The number of hydrogen-bond acceptors (Lipinski definition) is 6. The van der Waals surface area contributed by atoms with E-state index < -0.39 is 0 Å². The second kappa shape index (κ2) is 19.8. The van der Waals surface area contributed by atoms with Crippen molar-refractivity contribution in [3.8, 4) is 89.8 Å². The number of hydrogen-bond donors (Lipinski definition) is 1. The highest BCUT2D eigenvalue weighted by molar-refractivity contribution is 6.13. The molecule has 6 nitrogen and oxygen atoms in total. The Kier molecular flexibility index (Phi) is 12.0. The van der Waals surface area contributed by atoms with Gasteiger partial charge in [0.1, 0.15) is 12.0 Å². The van der Waals surface area contributed by atoms with Crippen molar-refractivity contribution in [3.05, 3.63) is 284 Å². The Hall–Kier alpha value is -9.65. The number of nitrogens with zero attached hydrogens (tertiary/aromatic N) is 5. The third-order valence-electron chi connectivity index (χ3n) is 13.0. The number of rotatable bonds is 11. The number of aliphatic imine (C=N–C) groups is 2. The van der Waals surface area contributed by atoms with Crippen LogP contribution in [0.25, 0.3) is 89.8 Å². The number of benzene rings is 10. The molecule has 1 aliphatic rings. The summed E-state index contributed by atoms with van der Waals surface area (Å²) in [4.78, 5) is 25.6. The highest BCUT2D eigenvalue weighted by Crippen LogP contribution is 2.40. The molecule has 340 valence electrons. The SMILES string of the molecule is c1ccc(C2=NC(c3ccc(-c4ccccc4)cc3)NC(c3cccc(-c4ccccc4-c4ccccc4-c4cccc(-c5nc(-c6ccccc6)nc(-c6ccc(-c7ccccc7)cc6)n5)c4)c3)=N2)cc1. The molecule has 0 amide bonds. The maximum absolute atomic E-state index is 5.17. The molecule has 0 bridgehead atoms. The first kappa shape index (κ1) is 43.6. The van der Waals surface area contributed by atoms with Crippen LogP contribution in [0.5, 0.6) is 0 Å². The Bertz CT molecular complexity index is 3740. The second-order valence-corrected chi connectivity index (χ2v) is 17.7. The van der Waals surface area contributed by atoms with Crippen LogP contribution in [0.4, 0.5) is 0 Å². The van der Waals surface area contributed by atoms with Crippen LogP contribution in [-0.4, -0.2) is 26.6 Å². The lowest BCUT2D eigenvalue weighted by Crippen LogP contribution is -2.33. The molecule has 10 aromatic carbocycles. The lowest BCUT2D eigenvalue weighted by atomic mass is 9.88. The summed E-state index contributed by atoms with van der Waals surface area (Å²) in [5.41, 5.74) is 16.9. The Morgan fingerprint density at radius 3 is 1.14 bits per heavy atom. The average molecular weight is 923 g/mol. The van der Waals surface area contributed by atoms with Crippen molar-refractivity contribution >= 4 is 11.7 Å². The third kappa shape index (κ3) is 9.16. The largest absolute Gasteiger partial charge is 0.344 e. The fourth-order valence-electron chi connectivity index (χ4n) is 9.36. The molecule has 1 N–H and O–H groups in total. The van der Waals surface area contributed by atoms with E-state index in [4.69, 9.17) is 24.9 Å². The van der Waals surface area contributed by atoms with Crippen molar-refractivity contribution in [3.63, 3.8) is 0 Å². The van der Waals surface area contributed by atoms with Gasteiger partial charge in [-0.15, -0.1) is 0 Å². The van der Waals surface area contributed by atoms with E-state index in [0.29, 0.717) is 23.3 Å². The van der Waals surface area contributed by atoms with E-state index in [9.17, 15) is 0 Å². The topological polar surface area (TPSA) is 75.4 Å². The van der Waals surface area contributed by atoms with Crippen LogP contribution in [-0.2, 0) is 0 Å². The van der Waals surface area contributed by atoms with Crippen LogP contribution in [0.2, 0.25) is 0 Å². The standard InChI is InChI=1S/C66H46N6/c1-5-19-45(20-6-1)47-35-39-51(40-36-47)63-67-61(49-23-9-3-10-24-49)69-65(71-63)55-29-17-27-53(43-55)57-31-13-15-33-59(57)60-34-16-14-32-58(60)54-28-18-30-56(44-54)66-70-62(50-25-11-4-12-26-50)68-64(72-66)52-41-37-48(38-42-52)46-21-7-2-8-22-46/h1-44,63H,(H,67,69,71).